The van der Waals surface area contributed by atoms with Gasteiger partial charge in [-0.25, -0.2) is 4.79 Å². The Morgan fingerprint density at radius 1 is 0.857 bits per heavy atom. The maximum absolute atomic E-state index is 13.6. The van der Waals surface area contributed by atoms with Gasteiger partial charge in [0, 0.05) is 31.5 Å². The number of benzene rings is 2. The number of rotatable bonds is 11. The first kappa shape index (κ1) is 29.8. The number of carboxylic acids is 1. The van der Waals surface area contributed by atoms with Crippen LogP contribution < -0.4 is 16.0 Å². The number of nitrogens with one attached hydrogen (secondary N) is 3. The van der Waals surface area contributed by atoms with Crippen molar-refractivity contribution in [2.75, 3.05) is 6.54 Å². The molecule has 2 aromatic rings. The van der Waals surface area contributed by atoms with Crippen molar-refractivity contribution in [3.8, 4) is 0 Å². The molecule has 42 heavy (non-hydrogen) atoms. The van der Waals surface area contributed by atoms with E-state index in [9.17, 15) is 24.3 Å². The fourth-order valence-electron chi connectivity index (χ4n) is 6.91. The molecule has 2 heterocycles. The molecule has 0 aromatic heterocycles. The number of amides is 3. The van der Waals surface area contributed by atoms with E-state index in [4.69, 9.17) is 0 Å². The number of carbonyl (C=O) groups is 4. The van der Waals surface area contributed by atoms with Crippen LogP contribution in [0.3, 0.4) is 0 Å². The zero-order chi connectivity index (χ0) is 29.5. The second kappa shape index (κ2) is 14.0. The first-order valence-corrected chi connectivity index (χ1v) is 15.3. The van der Waals surface area contributed by atoms with Crippen LogP contribution in [0.25, 0.3) is 0 Å². The summed E-state index contributed by atoms with van der Waals surface area (Å²) in [6.45, 7) is 0.347. The fourth-order valence-corrected chi connectivity index (χ4v) is 6.91. The molecule has 2 aliphatic heterocycles. The predicted molar refractivity (Wildman–Crippen MR) is 158 cm³/mol. The van der Waals surface area contributed by atoms with Gasteiger partial charge in [-0.15, -0.1) is 0 Å². The van der Waals surface area contributed by atoms with E-state index >= 15 is 0 Å². The summed E-state index contributed by atoms with van der Waals surface area (Å²) in [6.07, 6.45) is 7.19. The number of carboxylic acid groups (broad SMARTS) is 1. The van der Waals surface area contributed by atoms with Crippen molar-refractivity contribution in [1.82, 2.24) is 20.9 Å². The average molecular weight is 575 g/mol. The topological polar surface area (TPSA) is 128 Å². The number of hydrogen-bond acceptors (Lipinski definition) is 5. The third-order valence-corrected chi connectivity index (χ3v) is 9.02. The average Bonchev–Trinajstić information content (AvgIpc) is 3.66. The van der Waals surface area contributed by atoms with Gasteiger partial charge in [-0.1, -0.05) is 73.5 Å². The van der Waals surface area contributed by atoms with E-state index < -0.39 is 30.0 Å². The van der Waals surface area contributed by atoms with Crippen molar-refractivity contribution in [3.05, 3.63) is 71.8 Å². The number of nitrogens with zero attached hydrogens (tertiary/aromatic N) is 1. The number of hydrogen-bond donors (Lipinski definition) is 4. The van der Waals surface area contributed by atoms with Gasteiger partial charge < -0.3 is 26.0 Å². The number of fused-ring (bicyclic) bond motifs is 1. The Morgan fingerprint density at radius 2 is 1.52 bits per heavy atom. The van der Waals surface area contributed by atoms with Crippen molar-refractivity contribution in [2.24, 2.45) is 5.92 Å². The van der Waals surface area contributed by atoms with Gasteiger partial charge in [0.15, 0.2) is 0 Å². The minimum absolute atomic E-state index is 0.00113. The standard InChI is InChI=1S/C33H42N4O5/c38-30(36-28(19-23-12-5-2-6-13-23)32(40)37-17-9-16-29(37)33(41)42)21-25(18-22-10-3-1-4-11-22)34-31(39)27-20-24-14-7-8-15-26(24)35-27/h1-6,10-13,24-29,35H,7-9,14-21H2,(H,34,39)(H,36,38)(H,41,42)/t24-,25-,26-,27-,28-,29-/m0/s1. The molecule has 9 heteroatoms. The molecular formula is C33H42N4O5. The Balaban J connectivity index is 1.28. The molecule has 1 aliphatic carbocycles. The Kier molecular flexibility index (Phi) is 9.89. The van der Waals surface area contributed by atoms with Gasteiger partial charge in [-0.3, -0.25) is 14.4 Å². The van der Waals surface area contributed by atoms with E-state index in [-0.39, 0.29) is 30.7 Å². The number of carbonyl (C=O) groups excluding carboxylic acids is 3. The Bertz CT molecular complexity index is 1230. The minimum atomic E-state index is -1.03. The highest BCUT2D eigenvalue weighted by molar-refractivity contribution is 5.91. The van der Waals surface area contributed by atoms with Gasteiger partial charge in [0.2, 0.25) is 17.7 Å². The molecule has 4 N–H and O–H groups in total. The predicted octanol–water partition coefficient (Wildman–Crippen LogP) is 2.83. The SMILES string of the molecule is O=C(C[C@H](Cc1ccccc1)NC(=O)[C@@H]1C[C@@H]2CCCC[C@@H]2N1)N[C@@H](Cc1ccccc1)C(=O)N1CCC[C@H]1C(=O)O. The molecule has 9 nitrogen and oxygen atoms in total. The van der Waals surface area contributed by atoms with Crippen LogP contribution in [-0.4, -0.2) is 70.5 Å². The Labute approximate surface area is 247 Å². The third kappa shape index (κ3) is 7.56. The summed E-state index contributed by atoms with van der Waals surface area (Å²) < 4.78 is 0. The maximum Gasteiger partial charge on any atom is 0.326 e. The van der Waals surface area contributed by atoms with Crippen molar-refractivity contribution in [2.45, 2.75) is 94.4 Å². The van der Waals surface area contributed by atoms with E-state index in [0.29, 0.717) is 37.8 Å². The Hall–Kier alpha value is -3.72. The van der Waals surface area contributed by atoms with E-state index in [1.165, 1.54) is 17.7 Å². The molecule has 3 fully saturated rings. The van der Waals surface area contributed by atoms with E-state index in [1.54, 1.807) is 0 Å². The van der Waals surface area contributed by atoms with Crippen LogP contribution in [0.5, 0.6) is 0 Å². The fraction of sp³-hybridized carbons (Fsp3) is 0.515. The van der Waals surface area contributed by atoms with Crippen LogP contribution in [0.4, 0.5) is 0 Å². The molecule has 0 spiro atoms. The summed E-state index contributed by atoms with van der Waals surface area (Å²) in [5, 5.41) is 19.2. The van der Waals surface area contributed by atoms with E-state index in [0.717, 1.165) is 30.4 Å². The maximum atomic E-state index is 13.6. The highest BCUT2D eigenvalue weighted by atomic mass is 16.4. The molecule has 224 valence electrons. The lowest BCUT2D eigenvalue weighted by Gasteiger charge is -2.28. The highest BCUT2D eigenvalue weighted by Gasteiger charge is 2.40. The lowest BCUT2D eigenvalue weighted by atomic mass is 9.85. The van der Waals surface area contributed by atoms with Gasteiger partial charge in [-0.05, 0) is 55.6 Å². The van der Waals surface area contributed by atoms with Crippen LogP contribution in [0, 0.1) is 5.92 Å². The van der Waals surface area contributed by atoms with Gasteiger partial charge in [0.1, 0.15) is 12.1 Å². The van der Waals surface area contributed by atoms with Crippen molar-refractivity contribution < 1.29 is 24.3 Å². The second-order valence-corrected chi connectivity index (χ2v) is 12.0. The number of aliphatic carboxylic acids is 1. The number of likely N-dealkylation sites (tertiary alicyclic amines) is 1. The summed E-state index contributed by atoms with van der Waals surface area (Å²) in [7, 11) is 0. The smallest absolute Gasteiger partial charge is 0.326 e. The van der Waals surface area contributed by atoms with Gasteiger partial charge >= 0.3 is 5.97 Å². The molecule has 2 saturated heterocycles. The molecule has 0 unspecified atom stereocenters. The summed E-state index contributed by atoms with van der Waals surface area (Å²) in [6, 6.07) is 17.0. The molecule has 0 radical (unpaired) electrons. The molecule has 3 amide bonds. The van der Waals surface area contributed by atoms with Crippen LogP contribution in [0.1, 0.15) is 62.5 Å². The van der Waals surface area contributed by atoms with Crippen molar-refractivity contribution in [1.29, 1.82) is 0 Å². The second-order valence-electron chi connectivity index (χ2n) is 12.0. The molecule has 3 aliphatic rings. The third-order valence-electron chi connectivity index (χ3n) is 9.02. The largest absolute Gasteiger partial charge is 0.480 e. The van der Waals surface area contributed by atoms with Gasteiger partial charge in [0.25, 0.3) is 0 Å². The molecule has 6 atom stereocenters. The summed E-state index contributed by atoms with van der Waals surface area (Å²) >= 11 is 0. The summed E-state index contributed by atoms with van der Waals surface area (Å²) in [4.78, 5) is 53.7. The van der Waals surface area contributed by atoms with E-state index in [1.807, 2.05) is 60.7 Å². The first-order chi connectivity index (χ1) is 20.4. The monoisotopic (exact) mass is 574 g/mol. The molecule has 1 saturated carbocycles. The normalized spacial score (nSPS) is 24.8. The van der Waals surface area contributed by atoms with Crippen molar-refractivity contribution >= 4 is 23.7 Å². The molecular weight excluding hydrogens is 532 g/mol. The van der Waals surface area contributed by atoms with Crippen LogP contribution >= 0.6 is 0 Å². The highest BCUT2D eigenvalue weighted by Crippen LogP contribution is 2.33. The van der Waals surface area contributed by atoms with Crippen LogP contribution in [0.15, 0.2) is 60.7 Å². The lowest BCUT2D eigenvalue weighted by molar-refractivity contribution is -0.149. The quantitative estimate of drug-likeness (QED) is 0.327. The van der Waals surface area contributed by atoms with Crippen LogP contribution in [-0.2, 0) is 32.0 Å². The lowest BCUT2D eigenvalue weighted by Crippen LogP contribution is -2.54. The minimum Gasteiger partial charge on any atom is -0.480 e. The summed E-state index contributed by atoms with van der Waals surface area (Å²) in [5.74, 6) is -1.34. The molecule has 0 bridgehead atoms. The molecule has 5 rings (SSSR count). The molecule has 2 aromatic carbocycles. The van der Waals surface area contributed by atoms with Crippen molar-refractivity contribution in [3.63, 3.8) is 0 Å². The van der Waals surface area contributed by atoms with Gasteiger partial charge in [-0.2, -0.15) is 0 Å². The van der Waals surface area contributed by atoms with Crippen LogP contribution in [0.2, 0.25) is 0 Å². The first-order valence-electron chi connectivity index (χ1n) is 15.3. The zero-order valence-electron chi connectivity index (χ0n) is 24.0. The van der Waals surface area contributed by atoms with E-state index in [2.05, 4.69) is 16.0 Å². The summed E-state index contributed by atoms with van der Waals surface area (Å²) in [5.41, 5.74) is 1.87. The zero-order valence-corrected chi connectivity index (χ0v) is 24.0. The Morgan fingerprint density at radius 3 is 2.19 bits per heavy atom. The van der Waals surface area contributed by atoms with Gasteiger partial charge in [0.05, 0.1) is 6.04 Å².